The fourth-order valence-corrected chi connectivity index (χ4v) is 4.17. The van der Waals surface area contributed by atoms with Crippen LogP contribution in [0.1, 0.15) is 24.0 Å². The lowest BCUT2D eigenvalue weighted by Crippen LogP contribution is -1.91. The highest BCUT2D eigenvalue weighted by atomic mass is 16.3. The Morgan fingerprint density at radius 2 is 0.857 bits per heavy atom. The van der Waals surface area contributed by atoms with E-state index in [0.29, 0.717) is 5.92 Å². The molecule has 2 heteroatoms. The van der Waals surface area contributed by atoms with E-state index in [2.05, 4.69) is 43.3 Å². The smallest absolute Gasteiger partial charge is 0.115 e. The number of hydrogen-bond donors (Lipinski definition) is 2. The van der Waals surface area contributed by atoms with Crippen LogP contribution in [0.25, 0.3) is 33.4 Å². The first-order valence-electron chi connectivity index (χ1n) is 9.47. The minimum atomic E-state index is 0.285. The lowest BCUT2D eigenvalue weighted by molar-refractivity contribution is 0.475. The van der Waals surface area contributed by atoms with Gasteiger partial charge in [-0.25, -0.2) is 0 Å². The molecule has 4 aromatic carbocycles. The molecule has 0 amide bonds. The van der Waals surface area contributed by atoms with E-state index in [0.717, 1.165) is 22.3 Å². The van der Waals surface area contributed by atoms with Crippen molar-refractivity contribution in [1.29, 1.82) is 0 Å². The molecule has 0 aromatic heterocycles. The molecule has 4 aromatic rings. The molecule has 1 aliphatic carbocycles. The van der Waals surface area contributed by atoms with E-state index in [1.807, 2.05) is 24.3 Å². The maximum atomic E-state index is 9.54. The highest BCUT2D eigenvalue weighted by molar-refractivity contribution is 5.84. The van der Waals surface area contributed by atoms with Crippen LogP contribution in [0.2, 0.25) is 0 Å². The molecule has 0 atom stereocenters. The summed E-state index contributed by atoms with van der Waals surface area (Å²) in [6.07, 6.45) is 0. The molecular weight excluding hydrogens is 344 g/mol. The maximum absolute atomic E-state index is 9.54. The Kier molecular flexibility index (Phi) is 3.73. The highest BCUT2D eigenvalue weighted by Crippen LogP contribution is 2.47. The van der Waals surface area contributed by atoms with E-state index in [1.54, 1.807) is 24.3 Å². The molecule has 0 bridgehead atoms. The molecule has 5 rings (SSSR count). The van der Waals surface area contributed by atoms with Crippen molar-refractivity contribution < 1.29 is 10.2 Å². The van der Waals surface area contributed by atoms with E-state index in [1.165, 1.54) is 22.3 Å². The van der Waals surface area contributed by atoms with Crippen molar-refractivity contribution in [3.8, 4) is 44.9 Å². The van der Waals surface area contributed by atoms with E-state index in [9.17, 15) is 10.2 Å². The highest BCUT2D eigenvalue weighted by Gasteiger charge is 2.26. The largest absolute Gasteiger partial charge is 0.508 e. The molecule has 28 heavy (non-hydrogen) atoms. The van der Waals surface area contributed by atoms with Crippen molar-refractivity contribution in [2.75, 3.05) is 0 Å². The zero-order chi connectivity index (χ0) is 19.3. The Morgan fingerprint density at radius 1 is 0.500 bits per heavy atom. The molecule has 2 nitrogen and oxygen atoms in total. The summed E-state index contributed by atoms with van der Waals surface area (Å²) in [5.41, 5.74) is 9.80. The summed E-state index contributed by atoms with van der Waals surface area (Å²) in [7, 11) is 0. The van der Waals surface area contributed by atoms with Crippen LogP contribution < -0.4 is 0 Å². The van der Waals surface area contributed by atoms with Gasteiger partial charge in [-0.15, -0.1) is 0 Å². The summed E-state index contributed by atoms with van der Waals surface area (Å²) < 4.78 is 0. The van der Waals surface area contributed by atoms with Crippen LogP contribution >= 0.6 is 0 Å². The molecule has 0 aliphatic heterocycles. The van der Waals surface area contributed by atoms with Crippen molar-refractivity contribution in [2.45, 2.75) is 12.8 Å². The summed E-state index contributed by atoms with van der Waals surface area (Å²) >= 11 is 0. The van der Waals surface area contributed by atoms with E-state index in [4.69, 9.17) is 0 Å². The summed E-state index contributed by atoms with van der Waals surface area (Å²) in [6.45, 7) is 2.26. The number of benzene rings is 4. The molecule has 0 unspecified atom stereocenters. The Morgan fingerprint density at radius 3 is 1.25 bits per heavy atom. The summed E-state index contributed by atoms with van der Waals surface area (Å²) in [5, 5.41) is 19.1. The first-order chi connectivity index (χ1) is 13.6. The van der Waals surface area contributed by atoms with Gasteiger partial charge in [0, 0.05) is 5.92 Å². The average Bonchev–Trinajstić information content (AvgIpc) is 3.00. The summed E-state index contributed by atoms with van der Waals surface area (Å²) in [5.74, 6) is 0.888. The lowest BCUT2D eigenvalue weighted by Gasteiger charge is -2.10. The molecule has 0 spiro atoms. The van der Waals surface area contributed by atoms with Gasteiger partial charge in [0.05, 0.1) is 0 Å². The molecule has 0 radical (unpaired) electrons. The van der Waals surface area contributed by atoms with Crippen molar-refractivity contribution in [2.24, 2.45) is 0 Å². The number of phenolic OH excluding ortho intramolecular Hbond substituents is 2. The van der Waals surface area contributed by atoms with Crippen LogP contribution in [0, 0.1) is 0 Å². The van der Waals surface area contributed by atoms with E-state index < -0.39 is 0 Å². The predicted molar refractivity (Wildman–Crippen MR) is 114 cm³/mol. The van der Waals surface area contributed by atoms with Gasteiger partial charge in [-0.1, -0.05) is 55.5 Å². The van der Waals surface area contributed by atoms with Crippen LogP contribution in [-0.2, 0) is 0 Å². The lowest BCUT2D eigenvalue weighted by atomic mass is 9.94. The summed E-state index contributed by atoms with van der Waals surface area (Å²) in [4.78, 5) is 0. The van der Waals surface area contributed by atoms with Gasteiger partial charge < -0.3 is 10.2 Å². The van der Waals surface area contributed by atoms with Gasteiger partial charge in [-0.2, -0.15) is 0 Å². The zero-order valence-electron chi connectivity index (χ0n) is 15.6. The fourth-order valence-electron chi connectivity index (χ4n) is 4.17. The summed E-state index contributed by atoms with van der Waals surface area (Å²) in [6, 6.07) is 28.0. The normalized spacial score (nSPS) is 12.6. The van der Waals surface area contributed by atoms with Crippen LogP contribution in [0.15, 0.2) is 84.9 Å². The zero-order valence-corrected chi connectivity index (χ0v) is 15.6. The molecule has 1 aliphatic rings. The Bertz CT molecular complexity index is 1080. The number of aromatic hydroxyl groups is 2. The standard InChI is InChI=1S/C26H20O2/c1-16-25-14-19(17-2-8-21(27)9-3-17)6-12-23(25)24-13-7-20(15-26(16)24)18-4-10-22(28)11-5-18/h2-16,27-28H,1H3. The molecule has 0 fully saturated rings. The van der Waals surface area contributed by atoms with Gasteiger partial charge in [-0.3, -0.25) is 0 Å². The van der Waals surface area contributed by atoms with Gasteiger partial charge >= 0.3 is 0 Å². The third kappa shape index (κ3) is 2.66. The molecule has 0 heterocycles. The minimum absolute atomic E-state index is 0.285. The third-order valence-electron chi connectivity index (χ3n) is 5.73. The quantitative estimate of drug-likeness (QED) is 0.423. The van der Waals surface area contributed by atoms with Crippen molar-refractivity contribution in [1.82, 2.24) is 0 Å². The van der Waals surface area contributed by atoms with Crippen LogP contribution in [0.3, 0.4) is 0 Å². The van der Waals surface area contributed by atoms with Crippen LogP contribution in [0.5, 0.6) is 11.5 Å². The second-order valence-electron chi connectivity index (χ2n) is 7.42. The average molecular weight is 364 g/mol. The van der Waals surface area contributed by atoms with Gasteiger partial charge in [-0.05, 0) is 80.9 Å². The Balaban J connectivity index is 1.56. The van der Waals surface area contributed by atoms with Crippen LogP contribution in [0.4, 0.5) is 0 Å². The maximum Gasteiger partial charge on any atom is 0.115 e. The van der Waals surface area contributed by atoms with Crippen molar-refractivity contribution >= 4 is 0 Å². The van der Waals surface area contributed by atoms with Gasteiger partial charge in [0.1, 0.15) is 11.5 Å². The molecule has 136 valence electrons. The monoisotopic (exact) mass is 364 g/mol. The number of fused-ring (bicyclic) bond motifs is 3. The number of hydrogen-bond acceptors (Lipinski definition) is 2. The van der Waals surface area contributed by atoms with Gasteiger partial charge in [0.25, 0.3) is 0 Å². The number of rotatable bonds is 2. The van der Waals surface area contributed by atoms with Crippen LogP contribution in [-0.4, -0.2) is 10.2 Å². The fraction of sp³-hybridized carbons (Fsp3) is 0.0769. The molecular formula is C26H20O2. The Hall–Kier alpha value is -3.52. The second-order valence-corrected chi connectivity index (χ2v) is 7.42. The van der Waals surface area contributed by atoms with E-state index >= 15 is 0 Å². The number of phenols is 2. The molecule has 0 saturated heterocycles. The SMILES string of the molecule is CC1c2cc(-c3ccc(O)cc3)ccc2-c2ccc(-c3ccc(O)cc3)cc21. The second kappa shape index (κ2) is 6.28. The Labute approximate surface area is 164 Å². The topological polar surface area (TPSA) is 40.5 Å². The molecule has 0 saturated carbocycles. The van der Waals surface area contributed by atoms with Crippen molar-refractivity contribution in [3.05, 3.63) is 96.1 Å². The third-order valence-corrected chi connectivity index (χ3v) is 5.73. The first-order valence-corrected chi connectivity index (χ1v) is 9.47. The molecule has 2 N–H and O–H groups in total. The van der Waals surface area contributed by atoms with Gasteiger partial charge in [0.2, 0.25) is 0 Å². The first kappa shape index (κ1) is 16.6. The van der Waals surface area contributed by atoms with Gasteiger partial charge in [0.15, 0.2) is 0 Å². The minimum Gasteiger partial charge on any atom is -0.508 e. The van der Waals surface area contributed by atoms with E-state index in [-0.39, 0.29) is 11.5 Å². The van der Waals surface area contributed by atoms with Crippen molar-refractivity contribution in [3.63, 3.8) is 0 Å². The predicted octanol–water partition coefficient (Wildman–Crippen LogP) is 6.56.